The Hall–Kier alpha value is -2.00. The average Bonchev–Trinajstić information content (AvgIpc) is 3.18. The van der Waals surface area contributed by atoms with Crippen LogP contribution in [0.25, 0.3) is 0 Å². The quantitative estimate of drug-likeness (QED) is 0.156. The maximum absolute atomic E-state index is 5.86. The molecule has 160 valence electrons. The zero-order valence-corrected chi connectivity index (χ0v) is 19.8. The summed E-state index contributed by atoms with van der Waals surface area (Å²) in [6.07, 6.45) is 2.48. The summed E-state index contributed by atoms with van der Waals surface area (Å²) >= 11 is 0. The highest BCUT2D eigenvalue weighted by molar-refractivity contribution is 14.0. The molecule has 0 saturated carbocycles. The lowest BCUT2D eigenvalue weighted by Gasteiger charge is -2.14. The van der Waals surface area contributed by atoms with E-state index >= 15 is 0 Å². The predicted molar refractivity (Wildman–Crippen MR) is 128 cm³/mol. The number of ether oxygens (including phenoxy) is 2. The molecule has 0 aliphatic rings. The number of nitrogens with zero attached hydrogens (tertiary/aromatic N) is 1. The molecule has 29 heavy (non-hydrogen) atoms. The molecular formula is C22H32IN3O3. The first-order valence-electron chi connectivity index (χ1n) is 9.48. The molecule has 0 radical (unpaired) electrons. The Bertz CT molecular complexity index is 761. The Labute approximate surface area is 190 Å². The van der Waals surface area contributed by atoms with Crippen molar-refractivity contribution in [3.8, 4) is 5.75 Å². The van der Waals surface area contributed by atoms with Gasteiger partial charge in [0.15, 0.2) is 5.96 Å². The standard InChI is InChI=1S/C22H31N3O3.HI/c1-17(2)15-24-22(23-10-9-20-6-5-11-27-20)25-16-19-8-7-18(3)14-21(19)28-13-12-26-4;/h5-8,11,14H,1,9-10,12-13,15-16H2,2-4H3,(H2,23,24,25);1H. The van der Waals surface area contributed by atoms with Crippen LogP contribution in [0.1, 0.15) is 23.8 Å². The smallest absolute Gasteiger partial charge is 0.191 e. The third-order valence-electron chi connectivity index (χ3n) is 3.98. The van der Waals surface area contributed by atoms with Crippen LogP contribution in [-0.2, 0) is 17.7 Å². The third kappa shape index (κ3) is 9.85. The fraction of sp³-hybridized carbons (Fsp3) is 0.409. The monoisotopic (exact) mass is 513 g/mol. The van der Waals surface area contributed by atoms with Crippen LogP contribution in [0.5, 0.6) is 5.75 Å². The Kier molecular flexibility index (Phi) is 12.1. The second kappa shape index (κ2) is 14.1. The van der Waals surface area contributed by atoms with Crippen LogP contribution in [0, 0.1) is 6.92 Å². The minimum atomic E-state index is 0. The molecule has 0 spiro atoms. The van der Waals surface area contributed by atoms with Gasteiger partial charge in [-0.2, -0.15) is 0 Å². The van der Waals surface area contributed by atoms with Gasteiger partial charge in [0, 0.05) is 32.2 Å². The van der Waals surface area contributed by atoms with Crippen LogP contribution in [0.2, 0.25) is 0 Å². The topological polar surface area (TPSA) is 68.0 Å². The molecule has 2 N–H and O–H groups in total. The lowest BCUT2D eigenvalue weighted by atomic mass is 10.1. The molecule has 1 heterocycles. The summed E-state index contributed by atoms with van der Waals surface area (Å²) in [5, 5.41) is 6.64. The molecule has 0 bridgehead atoms. The molecule has 2 rings (SSSR count). The van der Waals surface area contributed by atoms with E-state index in [1.807, 2.05) is 32.0 Å². The molecule has 1 aromatic carbocycles. The van der Waals surface area contributed by atoms with E-state index < -0.39 is 0 Å². The summed E-state index contributed by atoms with van der Waals surface area (Å²) in [4.78, 5) is 4.71. The first-order valence-corrected chi connectivity index (χ1v) is 9.48. The van der Waals surface area contributed by atoms with Crippen molar-refractivity contribution in [2.24, 2.45) is 4.99 Å². The van der Waals surface area contributed by atoms with E-state index in [0.717, 1.165) is 47.1 Å². The minimum Gasteiger partial charge on any atom is -0.491 e. The second-order valence-corrected chi connectivity index (χ2v) is 6.68. The lowest BCUT2D eigenvalue weighted by molar-refractivity contribution is 0.146. The molecule has 0 saturated heterocycles. The number of hydrogen-bond acceptors (Lipinski definition) is 4. The van der Waals surface area contributed by atoms with Gasteiger partial charge in [-0.05, 0) is 37.6 Å². The SMILES string of the molecule is C=C(C)CNC(=NCc1ccc(C)cc1OCCOC)NCCc1ccco1.I. The molecule has 6 nitrogen and oxygen atoms in total. The summed E-state index contributed by atoms with van der Waals surface area (Å²) < 4.78 is 16.3. The van der Waals surface area contributed by atoms with Gasteiger partial charge >= 0.3 is 0 Å². The van der Waals surface area contributed by atoms with Gasteiger partial charge in [-0.1, -0.05) is 24.3 Å². The van der Waals surface area contributed by atoms with E-state index in [2.05, 4.69) is 29.3 Å². The Morgan fingerprint density at radius 1 is 1.21 bits per heavy atom. The molecule has 0 unspecified atom stereocenters. The number of aliphatic imine (C=N–C) groups is 1. The number of guanidine groups is 1. The van der Waals surface area contributed by atoms with Gasteiger partial charge in [0.1, 0.15) is 18.1 Å². The Balaban J connectivity index is 0.00000420. The molecule has 0 aliphatic heterocycles. The molecule has 0 atom stereocenters. The van der Waals surface area contributed by atoms with Crippen molar-refractivity contribution in [1.82, 2.24) is 10.6 Å². The van der Waals surface area contributed by atoms with E-state index in [0.29, 0.717) is 26.3 Å². The maximum Gasteiger partial charge on any atom is 0.191 e. The average molecular weight is 513 g/mol. The van der Waals surface area contributed by atoms with Crippen LogP contribution in [-0.4, -0.2) is 39.4 Å². The van der Waals surface area contributed by atoms with Crippen molar-refractivity contribution >= 4 is 29.9 Å². The fourth-order valence-electron chi connectivity index (χ4n) is 2.49. The van der Waals surface area contributed by atoms with E-state index in [9.17, 15) is 0 Å². The zero-order valence-electron chi connectivity index (χ0n) is 17.5. The number of rotatable bonds is 11. The molecule has 0 fully saturated rings. The summed E-state index contributed by atoms with van der Waals surface area (Å²) in [5.74, 6) is 2.52. The van der Waals surface area contributed by atoms with Gasteiger partial charge < -0.3 is 24.5 Å². The van der Waals surface area contributed by atoms with Crippen molar-refractivity contribution in [2.75, 3.05) is 33.4 Å². The van der Waals surface area contributed by atoms with Crippen molar-refractivity contribution in [3.63, 3.8) is 0 Å². The van der Waals surface area contributed by atoms with Crippen molar-refractivity contribution in [1.29, 1.82) is 0 Å². The molecule has 7 heteroatoms. The number of furan rings is 1. The summed E-state index contributed by atoms with van der Waals surface area (Å²) in [6.45, 7) is 10.9. The second-order valence-electron chi connectivity index (χ2n) is 6.68. The Morgan fingerprint density at radius 2 is 2.03 bits per heavy atom. The predicted octanol–water partition coefficient (Wildman–Crippen LogP) is 4.09. The number of aryl methyl sites for hydroxylation is 1. The van der Waals surface area contributed by atoms with Gasteiger partial charge in [0.25, 0.3) is 0 Å². The zero-order chi connectivity index (χ0) is 20.2. The lowest BCUT2D eigenvalue weighted by Crippen LogP contribution is -2.39. The van der Waals surface area contributed by atoms with Crippen LogP contribution in [0.3, 0.4) is 0 Å². The molecule has 2 aromatic rings. The maximum atomic E-state index is 5.86. The summed E-state index contributed by atoms with van der Waals surface area (Å²) in [6, 6.07) is 10.0. The number of halogens is 1. The van der Waals surface area contributed by atoms with E-state index in [1.54, 1.807) is 13.4 Å². The molecule has 1 aromatic heterocycles. The van der Waals surface area contributed by atoms with Crippen molar-refractivity contribution < 1.29 is 13.9 Å². The summed E-state index contributed by atoms with van der Waals surface area (Å²) in [5.41, 5.74) is 3.22. The van der Waals surface area contributed by atoms with E-state index in [1.165, 1.54) is 0 Å². The highest BCUT2D eigenvalue weighted by Gasteiger charge is 2.06. The van der Waals surface area contributed by atoms with Crippen LogP contribution < -0.4 is 15.4 Å². The van der Waals surface area contributed by atoms with Gasteiger partial charge in [-0.15, -0.1) is 24.0 Å². The van der Waals surface area contributed by atoms with Gasteiger partial charge in [-0.3, -0.25) is 0 Å². The van der Waals surface area contributed by atoms with Crippen LogP contribution in [0.4, 0.5) is 0 Å². The first-order chi connectivity index (χ1) is 13.6. The largest absolute Gasteiger partial charge is 0.491 e. The third-order valence-corrected chi connectivity index (χ3v) is 3.98. The number of methoxy groups -OCH3 is 1. The molecule has 0 amide bonds. The Morgan fingerprint density at radius 3 is 2.72 bits per heavy atom. The normalized spacial score (nSPS) is 10.9. The number of nitrogens with one attached hydrogen (secondary N) is 2. The molecular weight excluding hydrogens is 481 g/mol. The number of benzene rings is 1. The molecule has 0 aliphatic carbocycles. The van der Waals surface area contributed by atoms with Crippen LogP contribution >= 0.6 is 24.0 Å². The summed E-state index contributed by atoms with van der Waals surface area (Å²) in [7, 11) is 1.67. The van der Waals surface area contributed by atoms with E-state index in [4.69, 9.17) is 18.9 Å². The van der Waals surface area contributed by atoms with Gasteiger partial charge in [0.2, 0.25) is 0 Å². The highest BCUT2D eigenvalue weighted by Crippen LogP contribution is 2.21. The van der Waals surface area contributed by atoms with E-state index in [-0.39, 0.29) is 24.0 Å². The van der Waals surface area contributed by atoms with Gasteiger partial charge in [-0.25, -0.2) is 4.99 Å². The minimum absolute atomic E-state index is 0. The van der Waals surface area contributed by atoms with Crippen LogP contribution in [0.15, 0.2) is 58.2 Å². The first kappa shape index (κ1) is 25.0. The highest BCUT2D eigenvalue weighted by atomic mass is 127. The van der Waals surface area contributed by atoms with Crippen molar-refractivity contribution in [3.05, 3.63) is 65.6 Å². The number of hydrogen-bond donors (Lipinski definition) is 2. The fourth-order valence-corrected chi connectivity index (χ4v) is 2.49. The van der Waals surface area contributed by atoms with Crippen molar-refractivity contribution in [2.45, 2.75) is 26.8 Å². The van der Waals surface area contributed by atoms with Gasteiger partial charge in [0.05, 0.1) is 19.4 Å².